The third-order valence-electron chi connectivity index (χ3n) is 3.36. The van der Waals surface area contributed by atoms with Crippen molar-refractivity contribution in [2.75, 3.05) is 26.8 Å². The van der Waals surface area contributed by atoms with Crippen LogP contribution in [0.15, 0.2) is 47.4 Å². The summed E-state index contributed by atoms with van der Waals surface area (Å²) in [6.45, 7) is -0.125. The van der Waals surface area contributed by atoms with Gasteiger partial charge in [0.05, 0.1) is 17.0 Å². The molecule has 1 amide bonds. The molecule has 0 aliphatic carbocycles. The molecule has 0 aliphatic heterocycles. The van der Waals surface area contributed by atoms with Gasteiger partial charge in [-0.3, -0.25) is 4.79 Å². The molecule has 0 atom stereocenters. The Morgan fingerprint density at radius 2 is 1.78 bits per heavy atom. The van der Waals surface area contributed by atoms with Crippen LogP contribution in [0.3, 0.4) is 0 Å². The van der Waals surface area contributed by atoms with Crippen LogP contribution in [0.2, 0.25) is 10.0 Å². The Morgan fingerprint density at radius 1 is 1.07 bits per heavy atom. The number of hydrogen-bond donors (Lipinski definition) is 2. The maximum Gasteiger partial charge on any atom is 0.257 e. The van der Waals surface area contributed by atoms with Gasteiger partial charge in [0, 0.05) is 18.1 Å². The lowest BCUT2D eigenvalue weighted by Gasteiger charge is -2.10. The Balaban J connectivity index is 1.74. The normalized spacial score (nSPS) is 11.1. The third kappa shape index (κ3) is 6.59. The smallest absolute Gasteiger partial charge is 0.257 e. The van der Waals surface area contributed by atoms with Crippen LogP contribution in [0.25, 0.3) is 0 Å². The summed E-state index contributed by atoms with van der Waals surface area (Å²) in [4.78, 5) is 11.9. The zero-order valence-electron chi connectivity index (χ0n) is 14.4. The van der Waals surface area contributed by atoms with Gasteiger partial charge in [-0.2, -0.15) is 0 Å². The minimum absolute atomic E-state index is 0.0296. The van der Waals surface area contributed by atoms with Gasteiger partial charge < -0.3 is 14.8 Å². The summed E-state index contributed by atoms with van der Waals surface area (Å²) in [5.74, 6) is 0.475. The number of nitrogens with one attached hydrogen (secondary N) is 2. The van der Waals surface area contributed by atoms with E-state index in [2.05, 4.69) is 10.0 Å². The molecular formula is C17H18Cl2N2O5S. The molecule has 10 heteroatoms. The molecule has 0 aromatic heterocycles. The first kappa shape index (κ1) is 21.3. The second kappa shape index (κ2) is 9.80. The Labute approximate surface area is 167 Å². The van der Waals surface area contributed by atoms with Crippen LogP contribution in [-0.4, -0.2) is 41.1 Å². The molecule has 0 fully saturated rings. The maximum absolute atomic E-state index is 12.1. The molecule has 2 aromatic rings. The van der Waals surface area contributed by atoms with Crippen LogP contribution in [0.4, 0.5) is 0 Å². The van der Waals surface area contributed by atoms with E-state index < -0.39 is 15.9 Å². The van der Waals surface area contributed by atoms with E-state index in [9.17, 15) is 13.2 Å². The zero-order valence-corrected chi connectivity index (χ0v) is 16.7. The molecule has 0 saturated heterocycles. The molecule has 0 saturated carbocycles. The van der Waals surface area contributed by atoms with Gasteiger partial charge in [-0.1, -0.05) is 23.2 Å². The Bertz CT molecular complexity index is 889. The molecule has 0 bridgehead atoms. The van der Waals surface area contributed by atoms with Crippen LogP contribution in [-0.2, 0) is 14.8 Å². The first-order valence-electron chi connectivity index (χ1n) is 7.80. The summed E-state index contributed by atoms with van der Waals surface area (Å²) in [6.07, 6.45) is 0. The van der Waals surface area contributed by atoms with E-state index in [4.69, 9.17) is 32.7 Å². The number of sulfonamides is 1. The molecular weight excluding hydrogens is 415 g/mol. The SMILES string of the molecule is COc1ccc(S(=O)(=O)NCCNC(=O)COc2ccc(Cl)cc2Cl)cc1. The molecule has 2 aromatic carbocycles. The van der Waals surface area contributed by atoms with E-state index in [-0.39, 0.29) is 24.6 Å². The van der Waals surface area contributed by atoms with E-state index in [0.29, 0.717) is 21.5 Å². The van der Waals surface area contributed by atoms with Gasteiger partial charge in [0.15, 0.2) is 6.61 Å². The lowest BCUT2D eigenvalue weighted by atomic mass is 10.3. The molecule has 0 radical (unpaired) electrons. The van der Waals surface area contributed by atoms with Crippen molar-refractivity contribution in [3.05, 3.63) is 52.5 Å². The number of methoxy groups -OCH3 is 1. The molecule has 27 heavy (non-hydrogen) atoms. The number of rotatable bonds is 9. The summed E-state index contributed by atoms with van der Waals surface area (Å²) in [6, 6.07) is 10.6. The average Bonchev–Trinajstić information content (AvgIpc) is 2.64. The first-order chi connectivity index (χ1) is 12.8. The van der Waals surface area contributed by atoms with E-state index in [0.717, 1.165) is 0 Å². The van der Waals surface area contributed by atoms with Crippen molar-refractivity contribution in [1.29, 1.82) is 0 Å². The van der Waals surface area contributed by atoms with Crippen LogP contribution in [0.1, 0.15) is 0 Å². The number of ether oxygens (including phenoxy) is 2. The Kier molecular flexibility index (Phi) is 7.73. The predicted molar refractivity (Wildman–Crippen MR) is 103 cm³/mol. The van der Waals surface area contributed by atoms with Crippen molar-refractivity contribution < 1.29 is 22.7 Å². The summed E-state index contributed by atoms with van der Waals surface area (Å²) < 4.78 is 36.9. The summed E-state index contributed by atoms with van der Waals surface area (Å²) >= 11 is 11.7. The fourth-order valence-corrected chi connectivity index (χ4v) is 3.51. The Hall–Kier alpha value is -2.00. The summed E-state index contributed by atoms with van der Waals surface area (Å²) in [5, 5.41) is 3.30. The fraction of sp³-hybridized carbons (Fsp3) is 0.235. The highest BCUT2D eigenvalue weighted by Crippen LogP contribution is 2.27. The third-order valence-corrected chi connectivity index (χ3v) is 5.37. The van der Waals surface area contributed by atoms with Gasteiger partial charge >= 0.3 is 0 Å². The minimum atomic E-state index is -3.67. The lowest BCUT2D eigenvalue weighted by molar-refractivity contribution is -0.123. The highest BCUT2D eigenvalue weighted by atomic mass is 35.5. The number of amides is 1. The number of halogens is 2. The van der Waals surface area contributed by atoms with Crippen molar-refractivity contribution in [2.45, 2.75) is 4.90 Å². The second-order valence-corrected chi connectivity index (χ2v) is 7.90. The molecule has 146 valence electrons. The highest BCUT2D eigenvalue weighted by molar-refractivity contribution is 7.89. The average molecular weight is 433 g/mol. The second-order valence-electron chi connectivity index (χ2n) is 5.29. The van der Waals surface area contributed by atoms with Crippen LogP contribution < -0.4 is 19.5 Å². The monoisotopic (exact) mass is 432 g/mol. The number of benzene rings is 2. The van der Waals surface area contributed by atoms with Crippen molar-refractivity contribution in [1.82, 2.24) is 10.0 Å². The standard InChI is InChI=1S/C17H18Cl2N2O5S/c1-25-13-3-5-14(6-4-13)27(23,24)21-9-8-20-17(22)11-26-16-7-2-12(18)10-15(16)19/h2-7,10,21H,8-9,11H2,1H3,(H,20,22). The maximum atomic E-state index is 12.1. The van der Waals surface area contributed by atoms with Crippen molar-refractivity contribution in [3.8, 4) is 11.5 Å². The first-order valence-corrected chi connectivity index (χ1v) is 10.0. The molecule has 0 aliphatic rings. The summed E-state index contributed by atoms with van der Waals surface area (Å²) in [7, 11) is -2.17. The molecule has 7 nitrogen and oxygen atoms in total. The van der Waals surface area contributed by atoms with E-state index in [1.54, 1.807) is 24.3 Å². The molecule has 0 heterocycles. The quantitative estimate of drug-likeness (QED) is 0.593. The van der Waals surface area contributed by atoms with Gasteiger partial charge in [0.25, 0.3) is 5.91 Å². The van der Waals surface area contributed by atoms with Gasteiger partial charge in [0.2, 0.25) is 10.0 Å². The predicted octanol–water partition coefficient (Wildman–Crippen LogP) is 2.48. The van der Waals surface area contributed by atoms with Crippen LogP contribution in [0.5, 0.6) is 11.5 Å². The Morgan fingerprint density at radius 3 is 2.41 bits per heavy atom. The highest BCUT2D eigenvalue weighted by Gasteiger charge is 2.13. The largest absolute Gasteiger partial charge is 0.497 e. The molecule has 0 unspecified atom stereocenters. The van der Waals surface area contributed by atoms with Gasteiger partial charge in [-0.25, -0.2) is 13.1 Å². The lowest BCUT2D eigenvalue weighted by Crippen LogP contribution is -2.36. The summed E-state index contributed by atoms with van der Waals surface area (Å²) in [5.41, 5.74) is 0. The fourth-order valence-electron chi connectivity index (χ4n) is 2.01. The molecule has 2 N–H and O–H groups in total. The van der Waals surface area contributed by atoms with Crippen LogP contribution in [0, 0.1) is 0 Å². The van der Waals surface area contributed by atoms with Crippen molar-refractivity contribution >= 4 is 39.1 Å². The van der Waals surface area contributed by atoms with Gasteiger partial charge in [-0.05, 0) is 42.5 Å². The number of carbonyl (C=O) groups is 1. The van der Waals surface area contributed by atoms with Gasteiger partial charge in [-0.15, -0.1) is 0 Å². The van der Waals surface area contributed by atoms with E-state index >= 15 is 0 Å². The van der Waals surface area contributed by atoms with Gasteiger partial charge in [0.1, 0.15) is 11.5 Å². The molecule has 2 rings (SSSR count). The minimum Gasteiger partial charge on any atom is -0.497 e. The van der Waals surface area contributed by atoms with Crippen LogP contribution >= 0.6 is 23.2 Å². The number of carbonyl (C=O) groups excluding carboxylic acids is 1. The van der Waals surface area contributed by atoms with Crippen molar-refractivity contribution in [3.63, 3.8) is 0 Å². The zero-order chi connectivity index (χ0) is 19.9. The van der Waals surface area contributed by atoms with E-state index in [1.165, 1.54) is 25.3 Å². The van der Waals surface area contributed by atoms with Crippen molar-refractivity contribution in [2.24, 2.45) is 0 Å². The topological polar surface area (TPSA) is 93.7 Å². The van der Waals surface area contributed by atoms with E-state index in [1.807, 2.05) is 0 Å². The number of hydrogen-bond acceptors (Lipinski definition) is 5. The molecule has 0 spiro atoms.